The van der Waals surface area contributed by atoms with Crippen molar-refractivity contribution in [2.24, 2.45) is 0 Å². The van der Waals surface area contributed by atoms with Gasteiger partial charge in [0.15, 0.2) is 0 Å². The first-order valence-corrected chi connectivity index (χ1v) is 39.5. The van der Waals surface area contributed by atoms with Crippen LogP contribution in [0.3, 0.4) is 0 Å². The largest absolute Gasteiger partial charge is 0.497 e. The molecule has 0 spiro atoms. The van der Waals surface area contributed by atoms with Gasteiger partial charge in [-0.15, -0.1) is 0 Å². The van der Waals surface area contributed by atoms with Gasteiger partial charge in [0.05, 0.1) is 78.8 Å². The first kappa shape index (κ1) is 76.0. The van der Waals surface area contributed by atoms with E-state index in [9.17, 15) is 8.78 Å². The molecule has 3 saturated heterocycles. The summed E-state index contributed by atoms with van der Waals surface area (Å²) in [5.74, 6) is 1.72. The van der Waals surface area contributed by atoms with Gasteiger partial charge in [0, 0.05) is 163 Å². The Morgan fingerprint density at radius 1 is 0.447 bits per heavy atom. The van der Waals surface area contributed by atoms with Crippen molar-refractivity contribution in [2.75, 3.05) is 66.7 Å². The summed E-state index contributed by atoms with van der Waals surface area (Å²) in [5.41, 5.74) is 19.5. The molecule has 7 aromatic carbocycles. The van der Waals surface area contributed by atoms with Gasteiger partial charge in [-0.05, 0) is 204 Å². The van der Waals surface area contributed by atoms with Gasteiger partial charge in [0.2, 0.25) is 0 Å². The lowest BCUT2D eigenvalue weighted by molar-refractivity contribution is 0.156. The number of ether oxygens (including phenoxy) is 4. The molecule has 3 atom stereocenters. The Morgan fingerprint density at radius 2 is 0.886 bits per heavy atom. The van der Waals surface area contributed by atoms with Crippen LogP contribution in [-0.2, 0) is 24.4 Å². The molecule has 15 aromatic rings. The maximum Gasteiger partial charge on any atom is 0.131 e. The van der Waals surface area contributed by atoms with Crippen LogP contribution in [0.25, 0.3) is 99.9 Å². The van der Waals surface area contributed by atoms with Crippen LogP contribution in [0.2, 0.25) is 0 Å². The van der Waals surface area contributed by atoms with Gasteiger partial charge in [0.25, 0.3) is 0 Å². The number of benzene rings is 7. The van der Waals surface area contributed by atoms with Gasteiger partial charge in [-0.25, -0.2) is 8.78 Å². The highest BCUT2D eigenvalue weighted by Gasteiger charge is 2.29. The van der Waals surface area contributed by atoms with Crippen molar-refractivity contribution in [3.63, 3.8) is 0 Å². The molecule has 3 N–H and O–H groups in total. The van der Waals surface area contributed by atoms with Crippen molar-refractivity contribution in [3.05, 3.63) is 260 Å². The van der Waals surface area contributed by atoms with Crippen molar-refractivity contribution >= 4 is 32.7 Å². The minimum atomic E-state index is -0.225. The SMILES string of the molecule is CC(C)Oc1cccc(F)c1CN1CCCC(n2cc(-c3ccc4[nH]nc(-c5ccncc5)c4c3)cn2)C1.COCCCOc1cccc(F)c1CN1CCCC(n2cc(-c3ccc4[nH]nc(-c5ccccc5)c4c3)cn2)C1.COc1ccc(CN2CCC[C@@H](n3cc(-c4ccc5[nH]nc(-c6ccncc6)c5c4)cn3)C2)c(C)c1. The number of hydrogen-bond acceptors (Lipinski definition) is 15. The number of aromatic amines is 3. The number of pyridine rings is 2. The van der Waals surface area contributed by atoms with E-state index in [1.165, 1.54) is 29.7 Å². The van der Waals surface area contributed by atoms with Crippen LogP contribution in [0.4, 0.5) is 8.78 Å². The number of aryl methyl sites for hydroxylation is 1. The van der Waals surface area contributed by atoms with Crippen LogP contribution in [0.15, 0.2) is 226 Å². The van der Waals surface area contributed by atoms with Gasteiger partial charge in [-0.1, -0.05) is 66.7 Å². The second-order valence-electron chi connectivity index (χ2n) is 30.1. The summed E-state index contributed by atoms with van der Waals surface area (Å²) >= 11 is 0. The Bertz CT molecular complexity index is 5700. The fourth-order valence-corrected chi connectivity index (χ4v) is 16.0. The third-order valence-corrected chi connectivity index (χ3v) is 22.0. The highest BCUT2D eigenvalue weighted by Crippen LogP contribution is 2.38. The maximum atomic E-state index is 14.9. The van der Waals surface area contributed by atoms with E-state index in [4.69, 9.17) is 34.2 Å². The lowest BCUT2D eigenvalue weighted by atomic mass is 10.0. The number of nitrogens with zero attached hydrogens (tertiary/aromatic N) is 14. The maximum absolute atomic E-state index is 14.9. The monoisotopic (exact) mass is 1530 g/mol. The predicted molar refractivity (Wildman–Crippen MR) is 443 cm³/mol. The van der Waals surface area contributed by atoms with Crippen molar-refractivity contribution in [3.8, 4) is 84.4 Å². The number of H-pyrrole nitrogens is 3. The molecule has 3 aliphatic rings. The quantitative estimate of drug-likeness (QED) is 0.0508. The zero-order chi connectivity index (χ0) is 77.9. The summed E-state index contributed by atoms with van der Waals surface area (Å²) in [4.78, 5) is 15.4. The lowest BCUT2D eigenvalue weighted by Gasteiger charge is -2.33. The second-order valence-corrected chi connectivity index (χ2v) is 30.1. The molecular weight excluding hydrogens is 1430 g/mol. The van der Waals surface area contributed by atoms with Gasteiger partial charge in [0.1, 0.15) is 40.3 Å². The first-order chi connectivity index (χ1) is 55.9. The zero-order valence-corrected chi connectivity index (χ0v) is 65.0. The molecule has 11 heterocycles. The van der Waals surface area contributed by atoms with Crippen molar-refractivity contribution in [1.29, 1.82) is 0 Å². The van der Waals surface area contributed by atoms with Crippen LogP contribution in [0.1, 0.15) is 99.2 Å². The Hall–Kier alpha value is -12.0. The minimum Gasteiger partial charge on any atom is -0.497 e. The van der Waals surface area contributed by atoms with Crippen LogP contribution in [0.5, 0.6) is 17.2 Å². The third-order valence-electron chi connectivity index (χ3n) is 22.0. The van der Waals surface area contributed by atoms with Gasteiger partial charge in [-0.3, -0.25) is 54.0 Å². The van der Waals surface area contributed by atoms with Crippen LogP contribution in [0, 0.1) is 18.6 Å². The molecule has 21 nitrogen and oxygen atoms in total. The highest BCUT2D eigenvalue weighted by molar-refractivity contribution is 5.98. The molecule has 3 aliphatic heterocycles. The van der Waals surface area contributed by atoms with Crippen molar-refractivity contribution in [2.45, 2.75) is 110 Å². The van der Waals surface area contributed by atoms with Crippen molar-refractivity contribution in [1.82, 2.24) is 84.6 Å². The van der Waals surface area contributed by atoms with Gasteiger partial charge < -0.3 is 18.9 Å². The molecule has 18 rings (SSSR count). The Balaban J connectivity index is 0.000000129. The second kappa shape index (κ2) is 35.4. The number of likely N-dealkylation sites (tertiary alicyclic amines) is 3. The van der Waals surface area contributed by atoms with E-state index in [1.54, 1.807) is 51.1 Å². The molecule has 2 unspecified atom stereocenters. The van der Waals surface area contributed by atoms with E-state index in [0.717, 1.165) is 190 Å². The average Bonchev–Trinajstić information content (AvgIpc) is 1.67. The zero-order valence-electron chi connectivity index (χ0n) is 65.0. The molecule has 3 fully saturated rings. The summed E-state index contributed by atoms with van der Waals surface area (Å²) in [5, 5.41) is 40.6. The van der Waals surface area contributed by atoms with E-state index >= 15 is 0 Å². The molecule has 0 radical (unpaired) electrons. The molecule has 0 bridgehead atoms. The highest BCUT2D eigenvalue weighted by atomic mass is 19.1. The molecule has 0 saturated carbocycles. The molecule has 114 heavy (non-hydrogen) atoms. The number of piperidine rings is 3. The Morgan fingerprint density at radius 3 is 1.32 bits per heavy atom. The van der Waals surface area contributed by atoms with Gasteiger partial charge in [-0.2, -0.15) is 30.6 Å². The number of fused-ring (bicyclic) bond motifs is 3. The number of halogens is 2. The normalized spacial score (nSPS) is 16.3. The van der Waals surface area contributed by atoms with E-state index in [2.05, 4.69) is 180 Å². The van der Waals surface area contributed by atoms with E-state index < -0.39 is 0 Å². The van der Waals surface area contributed by atoms with E-state index in [0.29, 0.717) is 55.0 Å². The molecule has 23 heteroatoms. The summed E-state index contributed by atoms with van der Waals surface area (Å²) < 4.78 is 58.2. The topological polar surface area (TPSA) is 212 Å². The average molecular weight is 1530 g/mol. The standard InChI is InChI=1S/C32H34FN5O2.C30H31FN6O.C29H30N6O/c1-39-16-7-17-40-31-12-5-11-29(33)28(31)22-37-15-6-10-26(21-37)38-20-25(19-34-38)24-13-14-30-27(18-24)32(36-35-30)23-8-3-2-4-9-23;1-20(2)38-29-7-3-6-27(31)26(29)19-36-14-4-5-24(18-36)37-17-23(16-33-37)22-8-9-28-25(15-22)30(35-34-28)21-10-12-32-13-11-21;1-20-14-26(36-2)7-5-23(20)17-34-13-3-4-25(19-34)35-18-24(16-31-35)22-6-8-28-27(15-22)29(33-32-28)21-9-11-30-12-10-21/h2-5,8-9,11-14,18-20,26H,6-7,10,15-17,21-22H2,1H3,(H,35,36);3,6-13,15-17,20,24H,4-5,14,18-19H2,1-2H3,(H,34,35);5-12,14-16,18,25H,3-4,13,17,19H2,1-2H3,(H,32,33)/t;;25-/m..1/s1. The smallest absolute Gasteiger partial charge is 0.131 e. The van der Waals surface area contributed by atoms with E-state index in [-0.39, 0.29) is 29.8 Å². The van der Waals surface area contributed by atoms with Crippen molar-refractivity contribution < 1.29 is 27.7 Å². The summed E-state index contributed by atoms with van der Waals surface area (Å²) in [6.07, 6.45) is 26.7. The molecule has 8 aromatic heterocycles. The Labute approximate surface area is 661 Å². The number of methoxy groups -OCH3 is 2. The first-order valence-electron chi connectivity index (χ1n) is 39.5. The number of rotatable bonds is 23. The third kappa shape index (κ3) is 17.6. The molecule has 0 amide bonds. The minimum absolute atomic E-state index is 0.00537. The fraction of sp³-hybridized carbons (Fsp3) is 0.297. The fourth-order valence-electron chi connectivity index (χ4n) is 16.0. The number of hydrogen-bond donors (Lipinski definition) is 3. The van der Waals surface area contributed by atoms with Crippen LogP contribution < -0.4 is 14.2 Å². The summed E-state index contributed by atoms with van der Waals surface area (Å²) in [6, 6.07) is 54.6. The number of aromatic nitrogens is 14. The Kier molecular flexibility index (Phi) is 23.6. The molecular formula is C91H95F2N17O4. The molecule has 582 valence electrons. The van der Waals surface area contributed by atoms with E-state index in [1.807, 2.05) is 87.0 Å². The number of nitrogens with one attached hydrogen (secondary N) is 3. The summed E-state index contributed by atoms with van der Waals surface area (Å²) in [7, 11) is 3.39. The lowest BCUT2D eigenvalue weighted by Crippen LogP contribution is -2.36. The molecule has 0 aliphatic carbocycles. The van der Waals surface area contributed by atoms with Crippen LogP contribution >= 0.6 is 0 Å². The predicted octanol–water partition coefficient (Wildman–Crippen LogP) is 18.4. The van der Waals surface area contributed by atoms with Crippen LogP contribution in [-0.4, -0.2) is 157 Å². The summed E-state index contributed by atoms with van der Waals surface area (Å²) in [6.45, 7) is 14.8. The van der Waals surface area contributed by atoms with Gasteiger partial charge >= 0.3 is 0 Å².